The normalized spacial score (nSPS) is 13.9. The van der Waals surface area contributed by atoms with E-state index < -0.39 is 0 Å². The van der Waals surface area contributed by atoms with Gasteiger partial charge in [-0.3, -0.25) is 4.79 Å². The molecule has 0 unspecified atom stereocenters. The highest BCUT2D eigenvalue weighted by atomic mass is 16.5. The van der Waals surface area contributed by atoms with Gasteiger partial charge in [-0.2, -0.15) is 5.26 Å². The van der Waals surface area contributed by atoms with Gasteiger partial charge in [-0.1, -0.05) is 24.3 Å². The van der Waals surface area contributed by atoms with Gasteiger partial charge in [0.2, 0.25) is 5.91 Å². The van der Waals surface area contributed by atoms with Crippen LogP contribution < -0.4 is 4.90 Å². The van der Waals surface area contributed by atoms with Gasteiger partial charge in [0.05, 0.1) is 24.8 Å². The molecule has 1 aliphatic heterocycles. The van der Waals surface area contributed by atoms with Gasteiger partial charge >= 0.3 is 0 Å². The summed E-state index contributed by atoms with van der Waals surface area (Å²) in [6, 6.07) is 17.9. The van der Waals surface area contributed by atoms with Crippen molar-refractivity contribution in [1.29, 1.82) is 5.26 Å². The molecule has 1 amide bonds. The average molecular weight is 363 g/mol. The van der Waals surface area contributed by atoms with Crippen LogP contribution >= 0.6 is 0 Å². The molecule has 1 aliphatic rings. The summed E-state index contributed by atoms with van der Waals surface area (Å²) in [6.07, 6.45) is 1.15. The summed E-state index contributed by atoms with van der Waals surface area (Å²) < 4.78 is 5.39. The SMILES string of the molecule is CN(Cc1ccc(N2CCOCC2)cc1)C(=O)CCc1ccc(C#N)cc1. The van der Waals surface area contributed by atoms with Crippen LogP contribution in [-0.4, -0.2) is 44.2 Å². The van der Waals surface area contributed by atoms with Crippen molar-refractivity contribution in [1.82, 2.24) is 4.90 Å². The van der Waals surface area contributed by atoms with E-state index in [9.17, 15) is 4.79 Å². The molecule has 0 atom stereocenters. The number of carbonyl (C=O) groups is 1. The summed E-state index contributed by atoms with van der Waals surface area (Å²) in [6.45, 7) is 4.01. The molecule has 2 aromatic rings. The van der Waals surface area contributed by atoms with Crippen LogP contribution in [0.5, 0.6) is 0 Å². The molecule has 3 rings (SSSR count). The molecule has 0 aromatic heterocycles. The largest absolute Gasteiger partial charge is 0.378 e. The Morgan fingerprint density at radius 2 is 1.70 bits per heavy atom. The fraction of sp³-hybridized carbons (Fsp3) is 0.364. The second-order valence-electron chi connectivity index (χ2n) is 6.82. The molecule has 0 radical (unpaired) electrons. The molecule has 0 spiro atoms. The van der Waals surface area contributed by atoms with Crippen LogP contribution in [0.4, 0.5) is 5.69 Å². The number of hydrogen-bond acceptors (Lipinski definition) is 4. The van der Waals surface area contributed by atoms with Gasteiger partial charge in [-0.15, -0.1) is 0 Å². The van der Waals surface area contributed by atoms with E-state index >= 15 is 0 Å². The Morgan fingerprint density at radius 3 is 2.33 bits per heavy atom. The highest BCUT2D eigenvalue weighted by molar-refractivity contribution is 5.76. The molecule has 1 saturated heterocycles. The zero-order valence-electron chi connectivity index (χ0n) is 15.7. The van der Waals surface area contributed by atoms with Crippen molar-refractivity contribution in [3.05, 3.63) is 65.2 Å². The van der Waals surface area contributed by atoms with Crippen molar-refractivity contribution in [3.8, 4) is 6.07 Å². The summed E-state index contributed by atoms with van der Waals surface area (Å²) in [5.41, 5.74) is 4.05. The lowest BCUT2D eigenvalue weighted by atomic mass is 10.1. The molecule has 0 bridgehead atoms. The maximum Gasteiger partial charge on any atom is 0.222 e. The highest BCUT2D eigenvalue weighted by Gasteiger charge is 2.12. The predicted octanol–water partition coefficient (Wildman–Crippen LogP) is 2.99. The number of carbonyl (C=O) groups excluding carboxylic acids is 1. The lowest BCUT2D eigenvalue weighted by Crippen LogP contribution is -2.36. The number of nitriles is 1. The van der Waals surface area contributed by atoms with E-state index in [1.165, 1.54) is 5.69 Å². The lowest BCUT2D eigenvalue weighted by molar-refractivity contribution is -0.130. The molecule has 0 aliphatic carbocycles. The van der Waals surface area contributed by atoms with Crippen molar-refractivity contribution in [2.45, 2.75) is 19.4 Å². The van der Waals surface area contributed by atoms with Crippen LogP contribution in [0, 0.1) is 11.3 Å². The zero-order chi connectivity index (χ0) is 19.1. The second kappa shape index (κ2) is 9.20. The summed E-state index contributed by atoms with van der Waals surface area (Å²) in [5, 5.41) is 8.83. The first-order chi connectivity index (χ1) is 13.2. The number of amides is 1. The van der Waals surface area contributed by atoms with Crippen LogP contribution in [0.15, 0.2) is 48.5 Å². The van der Waals surface area contributed by atoms with Gasteiger partial charge in [-0.25, -0.2) is 0 Å². The summed E-state index contributed by atoms with van der Waals surface area (Å²) in [4.78, 5) is 16.5. The zero-order valence-corrected chi connectivity index (χ0v) is 15.7. The van der Waals surface area contributed by atoms with Crippen LogP contribution in [-0.2, 0) is 22.5 Å². The van der Waals surface area contributed by atoms with Crippen LogP contribution in [0.1, 0.15) is 23.1 Å². The van der Waals surface area contributed by atoms with E-state index in [4.69, 9.17) is 10.00 Å². The lowest BCUT2D eigenvalue weighted by Gasteiger charge is -2.29. The third-order valence-corrected chi connectivity index (χ3v) is 4.87. The molecule has 1 heterocycles. The molecule has 5 heteroatoms. The van der Waals surface area contributed by atoms with Gasteiger partial charge < -0.3 is 14.5 Å². The predicted molar refractivity (Wildman–Crippen MR) is 105 cm³/mol. The standard InChI is InChI=1S/C22H25N3O2/c1-24(22(26)11-8-18-2-4-19(16-23)5-3-18)17-20-6-9-21(10-7-20)25-12-14-27-15-13-25/h2-7,9-10H,8,11-15,17H2,1H3. The Hall–Kier alpha value is -2.84. The molecule has 0 saturated carbocycles. The van der Waals surface area contributed by atoms with Crippen molar-refractivity contribution in [2.24, 2.45) is 0 Å². The number of aryl methyl sites for hydroxylation is 1. The minimum atomic E-state index is 0.122. The van der Waals surface area contributed by atoms with Gasteiger partial charge in [0.1, 0.15) is 0 Å². The fourth-order valence-corrected chi connectivity index (χ4v) is 3.18. The molecule has 0 N–H and O–H groups in total. The van der Waals surface area contributed by atoms with Crippen molar-refractivity contribution >= 4 is 11.6 Å². The Kier molecular flexibility index (Phi) is 6.45. The summed E-state index contributed by atoms with van der Waals surface area (Å²) in [5.74, 6) is 0.122. The van der Waals surface area contributed by atoms with Crippen LogP contribution in [0.25, 0.3) is 0 Å². The highest BCUT2D eigenvalue weighted by Crippen LogP contribution is 2.17. The third-order valence-electron chi connectivity index (χ3n) is 4.87. The number of hydrogen-bond donors (Lipinski definition) is 0. The van der Waals surface area contributed by atoms with E-state index in [0.29, 0.717) is 24.9 Å². The Bertz CT molecular complexity index is 788. The smallest absolute Gasteiger partial charge is 0.222 e. The van der Waals surface area contributed by atoms with Crippen LogP contribution in [0.2, 0.25) is 0 Å². The Morgan fingerprint density at radius 1 is 1.07 bits per heavy atom. The third kappa shape index (κ3) is 5.32. The van der Waals surface area contributed by atoms with E-state index in [-0.39, 0.29) is 5.91 Å². The van der Waals surface area contributed by atoms with Gasteiger partial charge in [-0.05, 0) is 41.8 Å². The second-order valence-corrected chi connectivity index (χ2v) is 6.82. The molecule has 27 heavy (non-hydrogen) atoms. The first-order valence-electron chi connectivity index (χ1n) is 9.30. The van der Waals surface area contributed by atoms with E-state index in [1.54, 1.807) is 17.0 Å². The average Bonchev–Trinajstić information content (AvgIpc) is 2.73. The molecule has 5 nitrogen and oxygen atoms in total. The maximum absolute atomic E-state index is 12.4. The van der Waals surface area contributed by atoms with Crippen molar-refractivity contribution in [2.75, 3.05) is 38.3 Å². The summed E-state index contributed by atoms with van der Waals surface area (Å²) >= 11 is 0. The Labute approximate surface area is 160 Å². The molecular weight excluding hydrogens is 338 g/mol. The monoisotopic (exact) mass is 363 g/mol. The number of nitrogens with zero attached hydrogens (tertiary/aromatic N) is 3. The van der Waals surface area contributed by atoms with Crippen molar-refractivity contribution < 1.29 is 9.53 Å². The summed E-state index contributed by atoms with van der Waals surface area (Å²) in [7, 11) is 1.84. The topological polar surface area (TPSA) is 56.6 Å². The number of ether oxygens (including phenoxy) is 1. The quantitative estimate of drug-likeness (QED) is 0.792. The number of benzene rings is 2. The molecule has 1 fully saturated rings. The number of rotatable bonds is 6. The van der Waals surface area contributed by atoms with Crippen molar-refractivity contribution in [3.63, 3.8) is 0 Å². The molecule has 140 valence electrons. The maximum atomic E-state index is 12.4. The molecular formula is C22H25N3O2. The number of anilines is 1. The van der Waals surface area contributed by atoms with E-state index in [1.807, 2.05) is 19.2 Å². The van der Waals surface area contributed by atoms with Gasteiger partial charge in [0.15, 0.2) is 0 Å². The van der Waals surface area contributed by atoms with E-state index in [0.717, 1.165) is 37.4 Å². The minimum Gasteiger partial charge on any atom is -0.378 e. The Balaban J connectivity index is 1.49. The first-order valence-corrected chi connectivity index (χ1v) is 9.30. The van der Waals surface area contributed by atoms with Gasteiger partial charge in [0.25, 0.3) is 0 Å². The first kappa shape index (κ1) is 18.9. The minimum absolute atomic E-state index is 0.122. The van der Waals surface area contributed by atoms with Crippen LogP contribution in [0.3, 0.4) is 0 Å². The number of morpholine rings is 1. The molecule has 2 aromatic carbocycles. The van der Waals surface area contributed by atoms with E-state index in [2.05, 4.69) is 35.2 Å². The fourth-order valence-electron chi connectivity index (χ4n) is 3.18. The van der Waals surface area contributed by atoms with Gasteiger partial charge in [0, 0.05) is 38.8 Å².